The van der Waals surface area contributed by atoms with Gasteiger partial charge >= 0.3 is 5.97 Å². The quantitative estimate of drug-likeness (QED) is 0.782. The molecule has 0 heterocycles. The number of carbonyl (C=O) groups is 1. The number of hydrogen-bond donors (Lipinski definition) is 1. The molecule has 0 unspecified atom stereocenters. The normalized spacial score (nSPS) is 28.2. The molecule has 0 aromatic carbocycles. The summed E-state index contributed by atoms with van der Waals surface area (Å²) in [6.45, 7) is 2.16. The fraction of sp³-hybridized carbons (Fsp3) is 0.929. The first-order valence-corrected chi connectivity index (χ1v) is 9.26. The highest BCUT2D eigenvalue weighted by Crippen LogP contribution is 2.43. The molecule has 0 atom stereocenters. The molecular weight excluding hydrogens is 264 g/mol. The zero-order chi connectivity index (χ0) is 14.5. The minimum atomic E-state index is -3.09. The number of aliphatic carboxylic acids is 1. The smallest absolute Gasteiger partial charge is 0.309 e. The molecule has 0 aromatic heterocycles. The molecule has 0 spiro atoms. The molecule has 1 fully saturated rings. The Bertz CT molecular complexity index is 392. The number of unbranched alkanes of at least 4 members (excludes halogenated alkanes) is 1. The number of carboxylic acids is 1. The first-order chi connectivity index (χ1) is 8.79. The van der Waals surface area contributed by atoms with E-state index in [4.69, 9.17) is 0 Å². The molecule has 0 saturated heterocycles. The van der Waals surface area contributed by atoms with Gasteiger partial charge in [0.05, 0.1) is 11.2 Å². The van der Waals surface area contributed by atoms with E-state index >= 15 is 0 Å². The second kappa shape index (κ2) is 6.73. The topological polar surface area (TPSA) is 71.4 Å². The maximum Gasteiger partial charge on any atom is 0.309 e. The molecule has 1 saturated carbocycles. The van der Waals surface area contributed by atoms with Crippen LogP contribution in [0, 0.1) is 11.3 Å². The molecule has 1 N–H and O–H groups in total. The molecular formula is C14H26O4S. The SMILES string of the molecule is CCCCC1CCC(CCS(C)(=O)=O)(C(=O)O)CC1. The van der Waals surface area contributed by atoms with Crippen molar-refractivity contribution < 1.29 is 18.3 Å². The number of hydrogen-bond acceptors (Lipinski definition) is 3. The van der Waals surface area contributed by atoms with Crippen molar-refractivity contribution >= 4 is 15.8 Å². The first-order valence-electron chi connectivity index (χ1n) is 7.20. The van der Waals surface area contributed by atoms with Gasteiger partial charge in [-0.3, -0.25) is 4.79 Å². The summed E-state index contributed by atoms with van der Waals surface area (Å²) in [4.78, 5) is 11.5. The van der Waals surface area contributed by atoms with Crippen LogP contribution >= 0.6 is 0 Å². The van der Waals surface area contributed by atoms with Crippen LogP contribution < -0.4 is 0 Å². The van der Waals surface area contributed by atoms with Crippen LogP contribution in [-0.4, -0.2) is 31.5 Å². The van der Waals surface area contributed by atoms with Gasteiger partial charge in [0.25, 0.3) is 0 Å². The van der Waals surface area contributed by atoms with Crippen molar-refractivity contribution in [3.63, 3.8) is 0 Å². The van der Waals surface area contributed by atoms with Crippen LogP contribution in [0.5, 0.6) is 0 Å². The highest BCUT2D eigenvalue weighted by atomic mass is 32.2. The highest BCUT2D eigenvalue weighted by Gasteiger charge is 2.41. The van der Waals surface area contributed by atoms with Crippen molar-refractivity contribution in [3.05, 3.63) is 0 Å². The van der Waals surface area contributed by atoms with E-state index in [1.165, 1.54) is 25.5 Å². The van der Waals surface area contributed by atoms with Crippen LogP contribution in [0.3, 0.4) is 0 Å². The van der Waals surface area contributed by atoms with Gasteiger partial charge in [-0.1, -0.05) is 26.2 Å². The Balaban J connectivity index is 2.59. The van der Waals surface area contributed by atoms with Crippen LogP contribution in [0.15, 0.2) is 0 Å². The number of carboxylic acid groups (broad SMARTS) is 1. The van der Waals surface area contributed by atoms with E-state index in [-0.39, 0.29) is 12.2 Å². The molecule has 1 rings (SSSR count). The fourth-order valence-corrected chi connectivity index (χ4v) is 3.72. The van der Waals surface area contributed by atoms with Gasteiger partial charge in [-0.2, -0.15) is 0 Å². The van der Waals surface area contributed by atoms with Crippen molar-refractivity contribution in [2.24, 2.45) is 11.3 Å². The summed E-state index contributed by atoms with van der Waals surface area (Å²) < 4.78 is 22.5. The van der Waals surface area contributed by atoms with Gasteiger partial charge in [-0.05, 0) is 38.0 Å². The Morgan fingerprint density at radius 1 is 1.32 bits per heavy atom. The predicted molar refractivity (Wildman–Crippen MR) is 75.9 cm³/mol. The van der Waals surface area contributed by atoms with Gasteiger partial charge in [0.2, 0.25) is 0 Å². The lowest BCUT2D eigenvalue weighted by Crippen LogP contribution is -2.37. The summed E-state index contributed by atoms with van der Waals surface area (Å²) >= 11 is 0. The van der Waals surface area contributed by atoms with Crippen LogP contribution in [0.4, 0.5) is 0 Å². The minimum Gasteiger partial charge on any atom is -0.481 e. The van der Waals surface area contributed by atoms with Gasteiger partial charge in [-0.25, -0.2) is 8.42 Å². The van der Waals surface area contributed by atoms with Crippen LogP contribution in [0.1, 0.15) is 58.3 Å². The third kappa shape index (κ3) is 5.13. The maximum atomic E-state index is 11.5. The molecule has 0 aromatic rings. The number of rotatable bonds is 7. The second-order valence-corrected chi connectivity index (χ2v) is 8.31. The molecule has 112 valence electrons. The van der Waals surface area contributed by atoms with E-state index in [1.807, 2.05) is 0 Å². The molecule has 5 heteroatoms. The van der Waals surface area contributed by atoms with E-state index in [9.17, 15) is 18.3 Å². The molecule has 0 bridgehead atoms. The number of sulfone groups is 1. The summed E-state index contributed by atoms with van der Waals surface area (Å²) in [5.74, 6) is -0.199. The lowest BCUT2D eigenvalue weighted by atomic mass is 9.68. The van der Waals surface area contributed by atoms with E-state index in [0.29, 0.717) is 18.8 Å². The summed E-state index contributed by atoms with van der Waals surface area (Å²) in [7, 11) is -3.09. The summed E-state index contributed by atoms with van der Waals surface area (Å²) in [6.07, 6.45) is 8.11. The van der Waals surface area contributed by atoms with Crippen molar-refractivity contribution in [1.82, 2.24) is 0 Å². The van der Waals surface area contributed by atoms with Crippen LogP contribution in [0.2, 0.25) is 0 Å². The third-order valence-electron chi connectivity index (χ3n) is 4.43. The van der Waals surface area contributed by atoms with Crippen molar-refractivity contribution in [1.29, 1.82) is 0 Å². The minimum absolute atomic E-state index is 0.0150. The van der Waals surface area contributed by atoms with E-state index < -0.39 is 21.2 Å². The molecule has 0 amide bonds. The van der Waals surface area contributed by atoms with Gasteiger partial charge < -0.3 is 5.11 Å². The van der Waals surface area contributed by atoms with Gasteiger partial charge in [0.1, 0.15) is 9.84 Å². The Hall–Kier alpha value is -0.580. The Morgan fingerprint density at radius 2 is 1.89 bits per heavy atom. The summed E-state index contributed by atoms with van der Waals surface area (Å²) in [5, 5.41) is 9.45. The zero-order valence-electron chi connectivity index (χ0n) is 12.0. The largest absolute Gasteiger partial charge is 0.481 e. The monoisotopic (exact) mass is 290 g/mol. The Kier molecular flexibility index (Phi) is 5.83. The molecule has 19 heavy (non-hydrogen) atoms. The fourth-order valence-electron chi connectivity index (χ4n) is 2.96. The zero-order valence-corrected chi connectivity index (χ0v) is 12.8. The van der Waals surface area contributed by atoms with Gasteiger partial charge in [0, 0.05) is 6.26 Å². The first kappa shape index (κ1) is 16.5. The highest BCUT2D eigenvalue weighted by molar-refractivity contribution is 7.90. The average molecular weight is 290 g/mol. The molecule has 0 radical (unpaired) electrons. The van der Waals surface area contributed by atoms with Crippen molar-refractivity contribution in [2.75, 3.05) is 12.0 Å². The Labute approximate surface area is 116 Å². The Morgan fingerprint density at radius 3 is 2.32 bits per heavy atom. The van der Waals surface area contributed by atoms with E-state index in [0.717, 1.165) is 12.8 Å². The lowest BCUT2D eigenvalue weighted by molar-refractivity contribution is -0.151. The van der Waals surface area contributed by atoms with E-state index in [1.54, 1.807) is 0 Å². The van der Waals surface area contributed by atoms with Gasteiger partial charge in [-0.15, -0.1) is 0 Å². The predicted octanol–water partition coefficient (Wildman–Crippen LogP) is 2.87. The van der Waals surface area contributed by atoms with E-state index in [2.05, 4.69) is 6.92 Å². The average Bonchev–Trinajstić information content (AvgIpc) is 2.34. The maximum absolute atomic E-state index is 11.5. The molecule has 0 aliphatic heterocycles. The van der Waals surface area contributed by atoms with Gasteiger partial charge in [0.15, 0.2) is 0 Å². The lowest BCUT2D eigenvalue weighted by Gasteiger charge is -2.36. The standard InChI is InChI=1S/C14H26O4S/c1-3-4-5-12-6-8-14(9-7-12,13(15)16)10-11-19(2,17)18/h12H,3-11H2,1-2H3,(H,15,16). The van der Waals surface area contributed by atoms with Crippen molar-refractivity contribution in [2.45, 2.75) is 58.3 Å². The molecule has 1 aliphatic rings. The third-order valence-corrected chi connectivity index (χ3v) is 5.38. The second-order valence-electron chi connectivity index (χ2n) is 6.05. The molecule has 4 nitrogen and oxygen atoms in total. The summed E-state index contributed by atoms with van der Waals surface area (Å²) in [5.41, 5.74) is -0.800. The van der Waals surface area contributed by atoms with Crippen LogP contribution in [-0.2, 0) is 14.6 Å². The van der Waals surface area contributed by atoms with Crippen molar-refractivity contribution in [3.8, 4) is 0 Å². The van der Waals surface area contributed by atoms with Crippen LogP contribution in [0.25, 0.3) is 0 Å². The molecule has 1 aliphatic carbocycles. The summed E-state index contributed by atoms with van der Waals surface area (Å²) in [6, 6.07) is 0.